The smallest absolute Gasteiger partial charge is 0.165 e. The van der Waals surface area contributed by atoms with Crippen LogP contribution in [-0.2, 0) is 4.74 Å². The predicted octanol–water partition coefficient (Wildman–Crippen LogP) is 2.91. The molecule has 0 spiro atoms. The van der Waals surface area contributed by atoms with Crippen molar-refractivity contribution >= 4 is 0 Å². The lowest BCUT2D eigenvalue weighted by atomic mass is 10.1. The molecule has 1 aromatic carbocycles. The van der Waals surface area contributed by atoms with Gasteiger partial charge in [-0.15, -0.1) is 0 Å². The number of methoxy groups -OCH3 is 2. The molecular weight excluding hydrogens is 233 g/mol. The van der Waals surface area contributed by atoms with Crippen molar-refractivity contribution in [2.75, 3.05) is 20.8 Å². The van der Waals surface area contributed by atoms with Crippen molar-refractivity contribution in [2.24, 2.45) is 0 Å². The number of hydrogen-bond donors (Lipinski definition) is 1. The van der Waals surface area contributed by atoms with Gasteiger partial charge in [0.2, 0.25) is 0 Å². The van der Waals surface area contributed by atoms with E-state index in [1.165, 1.54) is 13.2 Å². The van der Waals surface area contributed by atoms with Gasteiger partial charge in [-0.05, 0) is 38.5 Å². The van der Waals surface area contributed by atoms with Gasteiger partial charge in [-0.25, -0.2) is 4.39 Å². The molecule has 0 heterocycles. The summed E-state index contributed by atoms with van der Waals surface area (Å²) in [5.74, 6) is -0.0715. The highest BCUT2D eigenvalue weighted by molar-refractivity contribution is 5.30. The first-order valence-corrected chi connectivity index (χ1v) is 6.01. The zero-order valence-electron chi connectivity index (χ0n) is 11.7. The number of hydrogen-bond acceptors (Lipinski definition) is 3. The van der Waals surface area contributed by atoms with E-state index in [1.807, 2.05) is 26.8 Å². The molecule has 4 heteroatoms. The Morgan fingerprint density at radius 2 is 2.00 bits per heavy atom. The van der Waals surface area contributed by atoms with Crippen LogP contribution in [0, 0.1) is 5.82 Å². The Morgan fingerprint density at radius 3 is 2.50 bits per heavy atom. The molecule has 1 N–H and O–H groups in total. The number of rotatable bonds is 6. The van der Waals surface area contributed by atoms with Gasteiger partial charge in [-0.3, -0.25) is 0 Å². The molecule has 1 unspecified atom stereocenters. The zero-order valence-corrected chi connectivity index (χ0v) is 11.7. The summed E-state index contributed by atoms with van der Waals surface area (Å²) in [4.78, 5) is 0. The summed E-state index contributed by atoms with van der Waals surface area (Å²) in [6.07, 6.45) is 0. The molecule has 0 amide bonds. The first-order valence-electron chi connectivity index (χ1n) is 6.01. The average molecular weight is 255 g/mol. The molecule has 0 bridgehead atoms. The van der Waals surface area contributed by atoms with E-state index in [2.05, 4.69) is 5.32 Å². The second kappa shape index (κ2) is 6.16. The molecule has 0 saturated carbocycles. The topological polar surface area (TPSA) is 30.5 Å². The van der Waals surface area contributed by atoms with Crippen LogP contribution in [0.1, 0.15) is 32.4 Å². The summed E-state index contributed by atoms with van der Waals surface area (Å²) in [6, 6.07) is 5.06. The van der Waals surface area contributed by atoms with Gasteiger partial charge in [0.05, 0.1) is 12.7 Å². The molecule has 0 aromatic heterocycles. The summed E-state index contributed by atoms with van der Waals surface area (Å²) in [6.45, 7) is 6.69. The molecule has 102 valence electrons. The molecule has 1 atom stereocenters. The van der Waals surface area contributed by atoms with Crippen LogP contribution < -0.4 is 10.1 Å². The van der Waals surface area contributed by atoms with Crippen molar-refractivity contribution in [1.29, 1.82) is 0 Å². The molecule has 0 fully saturated rings. The fraction of sp³-hybridized carbons (Fsp3) is 0.571. The molecular formula is C14H22FNO2. The standard InChI is InChI=1S/C14H22FNO2/c1-10(16-9-14(2,3)18-5)11-6-7-13(17-4)12(15)8-11/h6-8,10,16H,9H2,1-5H3. The average Bonchev–Trinajstić information content (AvgIpc) is 2.36. The molecule has 0 aliphatic heterocycles. The van der Waals surface area contributed by atoms with Crippen LogP contribution >= 0.6 is 0 Å². The van der Waals surface area contributed by atoms with Gasteiger partial charge in [-0.2, -0.15) is 0 Å². The molecule has 0 saturated heterocycles. The van der Waals surface area contributed by atoms with Crippen molar-refractivity contribution in [3.8, 4) is 5.75 Å². The second-order valence-electron chi connectivity index (χ2n) is 4.96. The Labute approximate surface area is 108 Å². The lowest BCUT2D eigenvalue weighted by Crippen LogP contribution is -2.37. The maximum Gasteiger partial charge on any atom is 0.165 e. The molecule has 0 radical (unpaired) electrons. The Balaban J connectivity index is 2.67. The third kappa shape index (κ3) is 3.96. The van der Waals surface area contributed by atoms with Crippen LogP contribution in [0.4, 0.5) is 4.39 Å². The number of ether oxygens (including phenoxy) is 2. The Bertz CT molecular complexity index is 393. The maximum absolute atomic E-state index is 13.6. The monoisotopic (exact) mass is 255 g/mol. The molecule has 1 rings (SSSR count). The van der Waals surface area contributed by atoms with E-state index in [1.54, 1.807) is 13.2 Å². The van der Waals surface area contributed by atoms with Crippen LogP contribution in [0.15, 0.2) is 18.2 Å². The van der Waals surface area contributed by atoms with Crippen molar-refractivity contribution < 1.29 is 13.9 Å². The molecule has 3 nitrogen and oxygen atoms in total. The fourth-order valence-electron chi connectivity index (χ4n) is 1.54. The number of nitrogens with one attached hydrogen (secondary N) is 1. The minimum absolute atomic E-state index is 0.0554. The molecule has 0 aliphatic rings. The minimum atomic E-state index is -0.338. The Morgan fingerprint density at radius 1 is 1.33 bits per heavy atom. The zero-order chi connectivity index (χ0) is 13.8. The summed E-state index contributed by atoms with van der Waals surface area (Å²) in [7, 11) is 3.14. The SMILES string of the molecule is COc1ccc(C(C)NCC(C)(C)OC)cc1F. The first-order chi connectivity index (χ1) is 8.39. The molecule has 18 heavy (non-hydrogen) atoms. The van der Waals surface area contributed by atoms with E-state index in [-0.39, 0.29) is 23.2 Å². The Hall–Kier alpha value is -1.13. The normalized spacial score (nSPS) is 13.4. The lowest BCUT2D eigenvalue weighted by Gasteiger charge is -2.26. The van der Waals surface area contributed by atoms with Crippen LogP contribution in [0.25, 0.3) is 0 Å². The highest BCUT2D eigenvalue weighted by atomic mass is 19.1. The highest BCUT2D eigenvalue weighted by Gasteiger charge is 2.18. The third-order valence-electron chi connectivity index (χ3n) is 3.06. The predicted molar refractivity (Wildman–Crippen MR) is 70.5 cm³/mol. The van der Waals surface area contributed by atoms with Gasteiger partial charge in [-0.1, -0.05) is 6.07 Å². The van der Waals surface area contributed by atoms with Gasteiger partial charge in [0, 0.05) is 19.7 Å². The van der Waals surface area contributed by atoms with Crippen LogP contribution in [0.3, 0.4) is 0 Å². The van der Waals surface area contributed by atoms with Crippen molar-refractivity contribution in [3.05, 3.63) is 29.6 Å². The van der Waals surface area contributed by atoms with Crippen LogP contribution in [0.5, 0.6) is 5.75 Å². The largest absolute Gasteiger partial charge is 0.494 e. The van der Waals surface area contributed by atoms with E-state index < -0.39 is 0 Å². The van der Waals surface area contributed by atoms with Crippen molar-refractivity contribution in [1.82, 2.24) is 5.32 Å². The lowest BCUT2D eigenvalue weighted by molar-refractivity contribution is 0.0214. The summed E-state index contributed by atoms with van der Waals surface area (Å²) >= 11 is 0. The minimum Gasteiger partial charge on any atom is -0.494 e. The van der Waals surface area contributed by atoms with Gasteiger partial charge in [0.25, 0.3) is 0 Å². The summed E-state index contributed by atoms with van der Waals surface area (Å²) < 4.78 is 23.8. The van der Waals surface area contributed by atoms with E-state index >= 15 is 0 Å². The third-order valence-corrected chi connectivity index (χ3v) is 3.06. The fourth-order valence-corrected chi connectivity index (χ4v) is 1.54. The summed E-state index contributed by atoms with van der Waals surface area (Å²) in [5, 5.41) is 3.32. The van der Waals surface area contributed by atoms with Crippen molar-refractivity contribution in [3.63, 3.8) is 0 Å². The number of benzene rings is 1. The second-order valence-corrected chi connectivity index (χ2v) is 4.96. The first kappa shape index (κ1) is 14.9. The molecule has 1 aromatic rings. The van der Waals surface area contributed by atoms with E-state index in [0.29, 0.717) is 6.54 Å². The van der Waals surface area contributed by atoms with E-state index in [0.717, 1.165) is 5.56 Å². The van der Waals surface area contributed by atoms with E-state index in [4.69, 9.17) is 9.47 Å². The Kier molecular flexibility index (Phi) is 5.11. The number of halogens is 1. The quantitative estimate of drug-likeness (QED) is 0.847. The summed E-state index contributed by atoms with van der Waals surface area (Å²) in [5.41, 5.74) is 0.652. The van der Waals surface area contributed by atoms with Crippen molar-refractivity contribution in [2.45, 2.75) is 32.4 Å². The maximum atomic E-state index is 13.6. The van der Waals surface area contributed by atoms with Crippen LogP contribution in [0.2, 0.25) is 0 Å². The molecule has 0 aliphatic carbocycles. The van der Waals surface area contributed by atoms with Crippen LogP contribution in [-0.4, -0.2) is 26.4 Å². The van der Waals surface area contributed by atoms with Gasteiger partial charge < -0.3 is 14.8 Å². The van der Waals surface area contributed by atoms with Gasteiger partial charge in [0.15, 0.2) is 11.6 Å². The van der Waals surface area contributed by atoms with Gasteiger partial charge >= 0.3 is 0 Å². The van der Waals surface area contributed by atoms with E-state index in [9.17, 15) is 4.39 Å². The highest BCUT2D eigenvalue weighted by Crippen LogP contribution is 2.22. The van der Waals surface area contributed by atoms with Gasteiger partial charge in [0.1, 0.15) is 0 Å².